The van der Waals surface area contributed by atoms with Crippen LogP contribution in [0.1, 0.15) is 145 Å². The summed E-state index contributed by atoms with van der Waals surface area (Å²) in [7, 11) is 0. The highest BCUT2D eigenvalue weighted by atomic mass is 16.8. The Morgan fingerprint density at radius 2 is 1.59 bits per heavy atom. The van der Waals surface area contributed by atoms with Gasteiger partial charge in [0.15, 0.2) is 5.79 Å². The van der Waals surface area contributed by atoms with Crippen LogP contribution in [0.15, 0.2) is 42.5 Å². The maximum Gasteiger partial charge on any atom is 0.337 e. The summed E-state index contributed by atoms with van der Waals surface area (Å²) in [6.07, 6.45) is 5.78. The lowest BCUT2D eigenvalue weighted by Gasteiger charge is -2.54. The Bertz CT molecular complexity index is 1780. The maximum atomic E-state index is 14.7. The van der Waals surface area contributed by atoms with Crippen LogP contribution in [0, 0.1) is 41.4 Å². The number of amides is 1. The quantitative estimate of drug-likeness (QED) is 0.102. The highest BCUT2D eigenvalue weighted by Gasteiger charge is 2.63. The molecule has 0 bridgehead atoms. The number of aliphatic hydroxyl groups excluding tert-OH is 2. The first-order valence-corrected chi connectivity index (χ1v) is 24.5. The van der Waals surface area contributed by atoms with E-state index in [2.05, 4.69) is 26.3 Å². The second-order valence-electron chi connectivity index (χ2n) is 20.5. The van der Waals surface area contributed by atoms with Gasteiger partial charge in [0.1, 0.15) is 11.9 Å². The second-order valence-corrected chi connectivity index (χ2v) is 20.5. The number of nitrogens with one attached hydrogen (secondary N) is 1. The zero-order valence-electron chi connectivity index (χ0n) is 40.1. The number of ether oxygens (including phenoxy) is 5. The van der Waals surface area contributed by atoms with Gasteiger partial charge in [-0.15, -0.1) is 0 Å². The first-order valence-electron chi connectivity index (χ1n) is 24.5. The molecule has 0 aliphatic carbocycles. The standard InChI is InChI=1S/C51H79NO12/c1-11-37(47(57)62-52-42(54)22-20-36-17-15-14-16-18-36)39-21-19-30(4)45(60-39)34(8)43(55)33(7)44(56)38(12-2)46-31(5)29-32(6)50(61-46)26-23-40(53)51(64-50)28-27-48(10,63-51)41-24-25-49(58,13-3)35(9)59-41/h14-18,23,26,30-35,37-41,43,45-46,53,55,58H,11-13,19-22,24-25,27-29H2,1-10H3,(H,52,54)/t30-,31-,32+,33-,34-,35-,37+,38-,39+,40+,41+,43+,45+,46-,48-,49+,50-,51-/m0/s1. The van der Waals surface area contributed by atoms with Gasteiger partial charge in [-0.25, -0.2) is 4.79 Å². The molecule has 360 valence electrons. The Hall–Kier alpha value is -2.75. The van der Waals surface area contributed by atoms with Crippen molar-refractivity contribution >= 4 is 17.7 Å². The Morgan fingerprint density at radius 3 is 2.25 bits per heavy atom. The van der Waals surface area contributed by atoms with Gasteiger partial charge in [-0.2, -0.15) is 5.48 Å². The number of hydrogen-bond donors (Lipinski definition) is 4. The third-order valence-electron chi connectivity index (χ3n) is 16.2. The van der Waals surface area contributed by atoms with E-state index in [0.717, 1.165) is 12.0 Å². The van der Waals surface area contributed by atoms with E-state index in [0.29, 0.717) is 64.2 Å². The van der Waals surface area contributed by atoms with Crippen molar-refractivity contribution in [2.75, 3.05) is 0 Å². The number of hydrogen-bond acceptors (Lipinski definition) is 12. The van der Waals surface area contributed by atoms with Gasteiger partial charge in [0, 0.05) is 36.5 Å². The first kappa shape index (κ1) is 50.7. The molecule has 5 aliphatic rings. The minimum Gasteiger partial charge on any atom is -0.392 e. The summed E-state index contributed by atoms with van der Waals surface area (Å²) in [5.41, 5.74) is 1.68. The molecule has 0 saturated carbocycles. The minimum absolute atomic E-state index is 0.0119. The molecule has 1 aromatic carbocycles. The van der Waals surface area contributed by atoms with Crippen molar-refractivity contribution in [3.05, 3.63) is 48.0 Å². The third-order valence-corrected chi connectivity index (χ3v) is 16.2. The molecule has 4 N–H and O–H groups in total. The molecular weight excluding hydrogens is 819 g/mol. The predicted molar refractivity (Wildman–Crippen MR) is 240 cm³/mol. The van der Waals surface area contributed by atoms with E-state index in [1.165, 1.54) is 0 Å². The molecule has 4 saturated heterocycles. The number of carbonyl (C=O) groups excluding carboxylic acids is 3. The molecule has 2 spiro atoms. The topological polar surface area (TPSA) is 179 Å². The number of aliphatic hydroxyl groups is 3. The lowest BCUT2D eigenvalue weighted by atomic mass is 9.72. The lowest BCUT2D eigenvalue weighted by molar-refractivity contribution is -0.409. The van der Waals surface area contributed by atoms with Gasteiger partial charge in [0.05, 0.1) is 53.7 Å². The van der Waals surface area contributed by atoms with Gasteiger partial charge in [-0.3, -0.25) is 9.59 Å². The van der Waals surface area contributed by atoms with Crippen LogP contribution in [0.3, 0.4) is 0 Å². The molecule has 1 amide bonds. The third kappa shape index (κ3) is 10.4. The van der Waals surface area contributed by atoms with Gasteiger partial charge in [0.2, 0.25) is 5.79 Å². The number of carbonyl (C=O) groups is 3. The molecule has 5 aliphatic heterocycles. The van der Waals surface area contributed by atoms with Crippen molar-refractivity contribution in [1.29, 1.82) is 0 Å². The fourth-order valence-electron chi connectivity index (χ4n) is 11.6. The van der Waals surface area contributed by atoms with E-state index in [-0.39, 0.29) is 48.1 Å². The van der Waals surface area contributed by atoms with Crippen molar-refractivity contribution in [3.8, 4) is 0 Å². The van der Waals surface area contributed by atoms with Crippen LogP contribution in [0.5, 0.6) is 0 Å². The molecule has 64 heavy (non-hydrogen) atoms. The van der Waals surface area contributed by atoms with Crippen LogP contribution < -0.4 is 5.48 Å². The summed E-state index contributed by atoms with van der Waals surface area (Å²) in [5, 5.41) is 34.6. The minimum atomic E-state index is -1.39. The number of rotatable bonds is 15. The fraction of sp³-hybridized carbons (Fsp3) is 0.784. The summed E-state index contributed by atoms with van der Waals surface area (Å²) >= 11 is 0. The Balaban J connectivity index is 1.09. The summed E-state index contributed by atoms with van der Waals surface area (Å²) in [5.74, 6) is -6.16. The number of hydroxylamine groups is 1. The second kappa shape index (κ2) is 20.6. The Morgan fingerprint density at radius 1 is 0.891 bits per heavy atom. The summed E-state index contributed by atoms with van der Waals surface area (Å²) in [6.45, 7) is 19.6. The Kier molecular flexibility index (Phi) is 16.3. The van der Waals surface area contributed by atoms with Gasteiger partial charge < -0.3 is 43.8 Å². The van der Waals surface area contributed by atoms with Crippen LogP contribution in [0.4, 0.5) is 0 Å². The Labute approximate surface area is 381 Å². The first-order chi connectivity index (χ1) is 30.3. The number of ketones is 1. The smallest absolute Gasteiger partial charge is 0.337 e. The average Bonchev–Trinajstić information content (AvgIpc) is 3.63. The number of aryl methyl sites for hydroxylation is 1. The average molecular weight is 898 g/mol. The highest BCUT2D eigenvalue weighted by molar-refractivity contribution is 5.84. The van der Waals surface area contributed by atoms with Crippen LogP contribution in [-0.4, -0.2) is 98.5 Å². The van der Waals surface area contributed by atoms with E-state index in [9.17, 15) is 29.7 Å². The SMILES string of the molecule is CC[C@@H](C(=O)[C@@H](C)[C@@H](O)[C@H](C)[C@@H]1O[C@@H]([C@@H](CC)C(=O)ONC(=O)CCc2ccccc2)CC[C@@H]1C)[C@H]1O[C@]2(C=C[C@@H](O)[C@]3(CC[C@@](C)([C@H]4CC[C@](O)(CC)[C@H](C)O4)O3)O2)[C@H](C)C[C@@H]1C. The van der Waals surface area contributed by atoms with Crippen LogP contribution in [-0.2, 0) is 49.3 Å². The van der Waals surface area contributed by atoms with E-state index in [4.69, 9.17) is 28.5 Å². The van der Waals surface area contributed by atoms with E-state index in [1.54, 1.807) is 19.1 Å². The van der Waals surface area contributed by atoms with Gasteiger partial charge in [-0.1, -0.05) is 85.7 Å². The van der Waals surface area contributed by atoms with Gasteiger partial charge in [-0.05, 0) is 108 Å². The molecule has 6 rings (SSSR count). The molecule has 1 aromatic rings. The molecule has 0 radical (unpaired) electrons. The molecule has 13 nitrogen and oxygen atoms in total. The van der Waals surface area contributed by atoms with Crippen molar-refractivity contribution < 1.29 is 58.2 Å². The van der Waals surface area contributed by atoms with Gasteiger partial charge >= 0.3 is 5.97 Å². The number of benzene rings is 1. The largest absolute Gasteiger partial charge is 0.392 e. The monoisotopic (exact) mass is 898 g/mol. The van der Waals surface area contributed by atoms with E-state index < -0.39 is 82.9 Å². The van der Waals surface area contributed by atoms with E-state index >= 15 is 0 Å². The number of Topliss-reactive ketones (excluding diaryl/α,β-unsaturated/α-hetero) is 1. The van der Waals surface area contributed by atoms with E-state index in [1.807, 2.05) is 71.9 Å². The molecule has 13 heteroatoms. The predicted octanol–water partition coefficient (Wildman–Crippen LogP) is 7.31. The summed E-state index contributed by atoms with van der Waals surface area (Å²) in [4.78, 5) is 45.8. The van der Waals surface area contributed by atoms with Crippen LogP contribution in [0.25, 0.3) is 0 Å². The van der Waals surface area contributed by atoms with Crippen molar-refractivity contribution in [1.82, 2.24) is 5.48 Å². The van der Waals surface area contributed by atoms with Crippen LogP contribution in [0.2, 0.25) is 0 Å². The van der Waals surface area contributed by atoms with Gasteiger partial charge in [0.25, 0.3) is 5.91 Å². The molecular formula is C51H79NO12. The summed E-state index contributed by atoms with van der Waals surface area (Å²) in [6, 6.07) is 9.63. The molecule has 5 heterocycles. The molecule has 18 atom stereocenters. The molecule has 4 fully saturated rings. The molecule has 0 aromatic heterocycles. The zero-order valence-corrected chi connectivity index (χ0v) is 40.1. The zero-order chi connectivity index (χ0) is 46.8. The van der Waals surface area contributed by atoms with Crippen molar-refractivity contribution in [2.24, 2.45) is 41.4 Å². The molecule has 0 unspecified atom stereocenters. The maximum absolute atomic E-state index is 14.7. The summed E-state index contributed by atoms with van der Waals surface area (Å²) < 4.78 is 33.9. The lowest BCUT2D eigenvalue weighted by Crippen LogP contribution is -2.63. The van der Waals surface area contributed by atoms with Crippen molar-refractivity contribution in [2.45, 2.75) is 212 Å². The van der Waals surface area contributed by atoms with Crippen LogP contribution >= 0.6 is 0 Å². The fourth-order valence-corrected chi connectivity index (χ4v) is 11.6. The van der Waals surface area contributed by atoms with Crippen molar-refractivity contribution in [3.63, 3.8) is 0 Å². The normalized spacial score (nSPS) is 40.0. The highest BCUT2D eigenvalue weighted by Crippen LogP contribution is 2.54.